The van der Waals surface area contributed by atoms with Gasteiger partial charge in [0.15, 0.2) is 11.6 Å². The van der Waals surface area contributed by atoms with Gasteiger partial charge < -0.3 is 10.0 Å². The molecule has 110 valence electrons. The molecule has 2 aromatic rings. The molecule has 21 heavy (non-hydrogen) atoms. The fourth-order valence-corrected chi connectivity index (χ4v) is 2.16. The topological polar surface area (TPSA) is 40.5 Å². The maximum Gasteiger partial charge on any atom is 0.338 e. The predicted molar refractivity (Wildman–Crippen MR) is 76.9 cm³/mol. The van der Waals surface area contributed by atoms with Crippen LogP contribution in [-0.4, -0.2) is 18.1 Å². The summed E-state index contributed by atoms with van der Waals surface area (Å²) < 4.78 is 27.6. The van der Waals surface area contributed by atoms with Gasteiger partial charge in [0.1, 0.15) is 0 Å². The molecule has 0 atom stereocenters. The Labute approximate surface area is 125 Å². The molecule has 2 rings (SSSR count). The molecule has 0 unspecified atom stereocenters. The van der Waals surface area contributed by atoms with Gasteiger partial charge in [-0.05, 0) is 23.8 Å². The van der Waals surface area contributed by atoms with Crippen LogP contribution in [0.5, 0.6) is 0 Å². The summed E-state index contributed by atoms with van der Waals surface area (Å²) in [7, 11) is 1.57. The molecule has 3 nitrogen and oxygen atoms in total. The SMILES string of the molecule is CN(Cc1ccccc1Cl)c1ccc(C(=O)O)c(F)c1F. The van der Waals surface area contributed by atoms with Gasteiger partial charge in [0, 0.05) is 18.6 Å². The third kappa shape index (κ3) is 3.13. The summed E-state index contributed by atoms with van der Waals surface area (Å²) in [4.78, 5) is 12.2. The molecule has 0 fully saturated rings. The lowest BCUT2D eigenvalue weighted by atomic mass is 10.1. The maximum absolute atomic E-state index is 14.0. The first-order valence-electron chi connectivity index (χ1n) is 6.07. The van der Waals surface area contributed by atoms with Crippen LogP contribution in [0.25, 0.3) is 0 Å². The van der Waals surface area contributed by atoms with Gasteiger partial charge in [-0.1, -0.05) is 29.8 Å². The Morgan fingerprint density at radius 3 is 2.48 bits per heavy atom. The van der Waals surface area contributed by atoms with E-state index in [2.05, 4.69) is 0 Å². The average molecular weight is 312 g/mol. The molecular formula is C15H12ClF2NO2. The number of hydrogen-bond acceptors (Lipinski definition) is 2. The molecule has 2 aromatic carbocycles. The van der Waals surface area contributed by atoms with Gasteiger partial charge in [0.05, 0.1) is 11.3 Å². The van der Waals surface area contributed by atoms with Crippen molar-refractivity contribution in [3.05, 3.63) is 64.2 Å². The second kappa shape index (κ2) is 6.10. The largest absolute Gasteiger partial charge is 0.478 e. The Morgan fingerprint density at radius 2 is 1.86 bits per heavy atom. The van der Waals surface area contributed by atoms with Gasteiger partial charge in [-0.25, -0.2) is 13.6 Å². The molecule has 0 saturated heterocycles. The van der Waals surface area contributed by atoms with E-state index >= 15 is 0 Å². The van der Waals surface area contributed by atoms with E-state index in [1.54, 1.807) is 31.3 Å². The monoisotopic (exact) mass is 311 g/mol. The number of aromatic carboxylic acids is 1. The van der Waals surface area contributed by atoms with Crippen molar-refractivity contribution in [1.29, 1.82) is 0 Å². The molecule has 0 saturated carbocycles. The van der Waals surface area contributed by atoms with E-state index in [-0.39, 0.29) is 12.2 Å². The standard InChI is InChI=1S/C15H12ClF2NO2/c1-19(8-9-4-2-3-5-11(9)16)12-7-6-10(15(20)21)13(17)14(12)18/h2-7H,8H2,1H3,(H,20,21). The molecule has 1 N–H and O–H groups in total. The summed E-state index contributed by atoms with van der Waals surface area (Å²) in [5, 5.41) is 9.27. The first-order chi connectivity index (χ1) is 9.91. The van der Waals surface area contributed by atoms with Crippen LogP contribution in [0.2, 0.25) is 5.02 Å². The van der Waals surface area contributed by atoms with Crippen molar-refractivity contribution in [2.75, 3.05) is 11.9 Å². The second-order valence-corrected chi connectivity index (χ2v) is 4.92. The molecular weight excluding hydrogens is 300 g/mol. The van der Waals surface area contributed by atoms with E-state index in [1.165, 1.54) is 11.0 Å². The van der Waals surface area contributed by atoms with E-state index in [0.29, 0.717) is 5.02 Å². The minimum Gasteiger partial charge on any atom is -0.478 e. The van der Waals surface area contributed by atoms with Crippen molar-refractivity contribution in [2.24, 2.45) is 0 Å². The number of benzene rings is 2. The number of carboxylic acids is 1. The minimum absolute atomic E-state index is 0.0302. The van der Waals surface area contributed by atoms with Gasteiger partial charge in [0.25, 0.3) is 0 Å². The summed E-state index contributed by atoms with van der Waals surface area (Å²) in [5.41, 5.74) is 0.0311. The second-order valence-electron chi connectivity index (χ2n) is 4.51. The normalized spacial score (nSPS) is 10.5. The zero-order valence-electron chi connectivity index (χ0n) is 11.1. The summed E-state index contributed by atoms with van der Waals surface area (Å²) >= 11 is 6.02. The number of hydrogen-bond donors (Lipinski definition) is 1. The predicted octanol–water partition coefficient (Wildman–Crippen LogP) is 3.95. The Balaban J connectivity index is 2.32. The minimum atomic E-state index is -1.51. The Morgan fingerprint density at radius 1 is 1.19 bits per heavy atom. The summed E-state index contributed by atoms with van der Waals surface area (Å²) in [6, 6.07) is 9.32. The van der Waals surface area contributed by atoms with Gasteiger partial charge in [-0.15, -0.1) is 0 Å². The number of carbonyl (C=O) groups is 1. The lowest BCUT2D eigenvalue weighted by Crippen LogP contribution is -2.19. The molecule has 0 bridgehead atoms. The molecule has 0 aliphatic rings. The van der Waals surface area contributed by atoms with Crippen molar-refractivity contribution in [2.45, 2.75) is 6.54 Å². The van der Waals surface area contributed by atoms with Crippen LogP contribution < -0.4 is 4.90 Å². The highest BCUT2D eigenvalue weighted by atomic mass is 35.5. The number of anilines is 1. The Hall–Kier alpha value is -2.14. The van der Waals surface area contributed by atoms with Crippen LogP contribution in [0.3, 0.4) is 0 Å². The molecule has 0 radical (unpaired) electrons. The van der Waals surface area contributed by atoms with Gasteiger partial charge in [-0.3, -0.25) is 0 Å². The smallest absolute Gasteiger partial charge is 0.338 e. The first-order valence-corrected chi connectivity index (χ1v) is 6.45. The number of carboxylic acid groups (broad SMARTS) is 1. The van der Waals surface area contributed by atoms with Crippen LogP contribution in [0.15, 0.2) is 36.4 Å². The number of halogens is 3. The highest BCUT2D eigenvalue weighted by molar-refractivity contribution is 6.31. The van der Waals surface area contributed by atoms with Gasteiger partial charge in [-0.2, -0.15) is 0 Å². The van der Waals surface area contributed by atoms with Crippen LogP contribution in [-0.2, 0) is 6.54 Å². The summed E-state index contributed by atoms with van der Waals surface area (Å²) in [6.45, 7) is 0.266. The van der Waals surface area contributed by atoms with Crippen molar-refractivity contribution >= 4 is 23.3 Å². The van der Waals surface area contributed by atoms with Crippen LogP contribution in [0.1, 0.15) is 15.9 Å². The summed E-state index contributed by atoms with van der Waals surface area (Å²) in [5.74, 6) is -4.07. The zero-order chi connectivity index (χ0) is 15.6. The highest BCUT2D eigenvalue weighted by Crippen LogP contribution is 2.26. The Bertz CT molecular complexity index is 691. The lowest BCUT2D eigenvalue weighted by Gasteiger charge is -2.21. The van der Waals surface area contributed by atoms with Crippen LogP contribution in [0.4, 0.5) is 14.5 Å². The quantitative estimate of drug-likeness (QED) is 0.929. The third-order valence-electron chi connectivity index (χ3n) is 3.07. The van der Waals surface area contributed by atoms with Gasteiger partial charge >= 0.3 is 5.97 Å². The van der Waals surface area contributed by atoms with E-state index in [1.807, 2.05) is 0 Å². The van der Waals surface area contributed by atoms with Crippen molar-refractivity contribution < 1.29 is 18.7 Å². The molecule has 0 heterocycles. The molecule has 0 amide bonds. The zero-order valence-corrected chi connectivity index (χ0v) is 11.9. The average Bonchev–Trinajstić information content (AvgIpc) is 2.43. The van der Waals surface area contributed by atoms with Gasteiger partial charge in [0.2, 0.25) is 0 Å². The molecule has 0 aliphatic carbocycles. The number of nitrogens with zero attached hydrogens (tertiary/aromatic N) is 1. The van der Waals surface area contributed by atoms with E-state index < -0.39 is 23.2 Å². The van der Waals surface area contributed by atoms with Crippen LogP contribution >= 0.6 is 11.6 Å². The van der Waals surface area contributed by atoms with Crippen LogP contribution in [0, 0.1) is 11.6 Å². The molecule has 6 heteroatoms. The maximum atomic E-state index is 14.0. The van der Waals surface area contributed by atoms with Crippen molar-refractivity contribution in [3.8, 4) is 0 Å². The molecule has 0 aromatic heterocycles. The highest BCUT2D eigenvalue weighted by Gasteiger charge is 2.20. The fourth-order valence-electron chi connectivity index (χ4n) is 1.97. The Kier molecular flexibility index (Phi) is 4.43. The first kappa shape index (κ1) is 15.3. The lowest BCUT2D eigenvalue weighted by molar-refractivity contribution is 0.0690. The number of rotatable bonds is 4. The van der Waals surface area contributed by atoms with E-state index in [4.69, 9.17) is 16.7 Å². The van der Waals surface area contributed by atoms with Crippen molar-refractivity contribution in [1.82, 2.24) is 0 Å². The third-order valence-corrected chi connectivity index (χ3v) is 3.44. The fraction of sp³-hybridized carbons (Fsp3) is 0.133. The molecule has 0 spiro atoms. The molecule has 0 aliphatic heterocycles. The van der Waals surface area contributed by atoms with E-state index in [0.717, 1.165) is 11.6 Å². The van der Waals surface area contributed by atoms with Crippen molar-refractivity contribution in [3.63, 3.8) is 0 Å². The summed E-state index contributed by atoms with van der Waals surface area (Å²) in [6.07, 6.45) is 0. The van der Waals surface area contributed by atoms with E-state index in [9.17, 15) is 13.6 Å².